The number of aromatic nitrogens is 4. The maximum atomic E-state index is 6.04. The molecular weight excluding hydrogens is 386 g/mol. The van der Waals surface area contributed by atoms with Gasteiger partial charge in [0.25, 0.3) is 0 Å². The van der Waals surface area contributed by atoms with Crippen LogP contribution in [0.3, 0.4) is 0 Å². The lowest BCUT2D eigenvalue weighted by molar-refractivity contribution is 0.586. The van der Waals surface area contributed by atoms with Crippen LogP contribution < -0.4 is 5.32 Å². The number of anilines is 1. The molecule has 4 rings (SSSR count). The first-order valence-electron chi connectivity index (χ1n) is 6.48. The number of benzene rings is 1. The second-order valence-electron chi connectivity index (χ2n) is 4.75. The fourth-order valence-electron chi connectivity index (χ4n) is 2.35. The summed E-state index contributed by atoms with van der Waals surface area (Å²) < 4.78 is 3.56. The van der Waals surface area contributed by atoms with Crippen molar-refractivity contribution in [3.8, 4) is 0 Å². The Balaban J connectivity index is 1.81. The number of fused-ring (bicyclic) bond motifs is 1. The zero-order valence-electron chi connectivity index (χ0n) is 11.1. The minimum absolute atomic E-state index is 0.0600. The van der Waals surface area contributed by atoms with Gasteiger partial charge in [0, 0.05) is 4.47 Å². The normalized spacial score (nSPS) is 16.8. The molecule has 5 nitrogen and oxygen atoms in total. The Bertz CT molecular complexity index is 854. The van der Waals surface area contributed by atoms with Crippen LogP contribution in [0, 0.1) is 0 Å². The molecule has 3 aromatic rings. The molecule has 8 heteroatoms. The maximum Gasteiger partial charge on any atom is 0.248 e. The van der Waals surface area contributed by atoms with E-state index < -0.39 is 0 Å². The summed E-state index contributed by atoms with van der Waals surface area (Å²) in [5, 5.41) is 15.1. The van der Waals surface area contributed by atoms with Crippen molar-refractivity contribution < 1.29 is 0 Å². The molecule has 110 valence electrons. The SMILES string of the molecule is Clc1ccc(C2=CC(c3ccc(Br)cc3)n3nnnc3N2)s1. The lowest BCUT2D eigenvalue weighted by Crippen LogP contribution is -2.19. The van der Waals surface area contributed by atoms with Gasteiger partial charge in [0.05, 0.1) is 14.9 Å². The summed E-state index contributed by atoms with van der Waals surface area (Å²) in [6, 6.07) is 12.0. The van der Waals surface area contributed by atoms with Gasteiger partial charge in [-0.2, -0.15) is 4.68 Å². The minimum atomic E-state index is -0.0600. The Morgan fingerprint density at radius 2 is 2.00 bits per heavy atom. The highest BCUT2D eigenvalue weighted by atomic mass is 79.9. The van der Waals surface area contributed by atoms with Gasteiger partial charge in [0.15, 0.2) is 0 Å². The van der Waals surface area contributed by atoms with Crippen LogP contribution in [0.2, 0.25) is 4.34 Å². The lowest BCUT2D eigenvalue weighted by atomic mass is 10.0. The van der Waals surface area contributed by atoms with Crippen LogP contribution in [0.5, 0.6) is 0 Å². The number of rotatable bonds is 2. The van der Waals surface area contributed by atoms with Crippen LogP contribution in [0.15, 0.2) is 46.9 Å². The van der Waals surface area contributed by atoms with Crippen LogP contribution in [0.1, 0.15) is 16.5 Å². The molecule has 22 heavy (non-hydrogen) atoms. The highest BCUT2D eigenvalue weighted by molar-refractivity contribution is 9.10. The molecule has 1 N–H and O–H groups in total. The molecule has 0 bridgehead atoms. The van der Waals surface area contributed by atoms with E-state index in [9.17, 15) is 0 Å². The Labute approximate surface area is 143 Å². The Morgan fingerprint density at radius 1 is 1.18 bits per heavy atom. The first-order chi connectivity index (χ1) is 10.7. The van der Waals surface area contributed by atoms with Crippen LogP contribution in [-0.2, 0) is 0 Å². The fraction of sp³-hybridized carbons (Fsp3) is 0.0714. The molecule has 0 saturated heterocycles. The number of allylic oxidation sites excluding steroid dienone is 1. The van der Waals surface area contributed by atoms with Crippen molar-refractivity contribution in [3.05, 3.63) is 61.7 Å². The van der Waals surface area contributed by atoms with E-state index in [0.29, 0.717) is 5.95 Å². The van der Waals surface area contributed by atoms with Gasteiger partial charge in [-0.1, -0.05) is 44.8 Å². The van der Waals surface area contributed by atoms with E-state index in [-0.39, 0.29) is 6.04 Å². The lowest BCUT2D eigenvalue weighted by Gasteiger charge is -2.22. The monoisotopic (exact) mass is 393 g/mol. The summed E-state index contributed by atoms with van der Waals surface area (Å²) in [5.41, 5.74) is 2.07. The average molecular weight is 395 g/mol. The van der Waals surface area contributed by atoms with E-state index in [1.165, 1.54) is 11.3 Å². The van der Waals surface area contributed by atoms with Crippen molar-refractivity contribution in [1.29, 1.82) is 0 Å². The molecule has 0 spiro atoms. The van der Waals surface area contributed by atoms with Crippen molar-refractivity contribution in [1.82, 2.24) is 20.2 Å². The van der Waals surface area contributed by atoms with Crippen molar-refractivity contribution in [2.75, 3.05) is 5.32 Å². The molecule has 3 heterocycles. The van der Waals surface area contributed by atoms with Gasteiger partial charge in [-0.15, -0.1) is 11.3 Å². The molecular formula is C14H9BrClN5S. The standard InChI is InChI=1S/C14H9BrClN5S/c15-9-3-1-8(2-4-9)11-7-10(12-5-6-13(16)22-12)17-14-18-19-20-21(11)14/h1-7,11H,(H,17,18,20). The molecule has 1 atom stereocenters. The molecule has 0 saturated carbocycles. The minimum Gasteiger partial charge on any atom is -0.322 e. The number of tetrazole rings is 1. The smallest absolute Gasteiger partial charge is 0.248 e. The molecule has 1 aliphatic heterocycles. The van der Waals surface area contributed by atoms with Crippen molar-refractivity contribution >= 4 is 50.5 Å². The molecule has 0 aliphatic carbocycles. The van der Waals surface area contributed by atoms with Crippen LogP contribution in [-0.4, -0.2) is 20.2 Å². The van der Waals surface area contributed by atoms with Crippen LogP contribution in [0.25, 0.3) is 5.70 Å². The Kier molecular flexibility index (Phi) is 3.48. The van der Waals surface area contributed by atoms with Crippen molar-refractivity contribution in [2.24, 2.45) is 0 Å². The highest BCUT2D eigenvalue weighted by Crippen LogP contribution is 2.35. The number of thiophene rings is 1. The second-order valence-corrected chi connectivity index (χ2v) is 7.38. The highest BCUT2D eigenvalue weighted by Gasteiger charge is 2.24. The zero-order valence-corrected chi connectivity index (χ0v) is 14.2. The zero-order chi connectivity index (χ0) is 15.1. The van der Waals surface area contributed by atoms with E-state index in [4.69, 9.17) is 11.6 Å². The molecule has 0 amide bonds. The maximum absolute atomic E-state index is 6.04. The van der Waals surface area contributed by atoms with Crippen molar-refractivity contribution in [2.45, 2.75) is 6.04 Å². The predicted molar refractivity (Wildman–Crippen MR) is 91.0 cm³/mol. The largest absolute Gasteiger partial charge is 0.322 e. The molecule has 1 aromatic carbocycles. The summed E-state index contributed by atoms with van der Waals surface area (Å²) in [6.45, 7) is 0. The number of nitrogens with zero attached hydrogens (tertiary/aromatic N) is 4. The summed E-state index contributed by atoms with van der Waals surface area (Å²) in [4.78, 5) is 1.06. The first kappa shape index (κ1) is 13.9. The number of halogens is 2. The summed E-state index contributed by atoms with van der Waals surface area (Å²) in [7, 11) is 0. The average Bonchev–Trinajstić information content (AvgIpc) is 3.15. The van der Waals surface area contributed by atoms with E-state index in [1.807, 2.05) is 24.3 Å². The summed E-state index contributed by atoms with van der Waals surface area (Å²) in [5.74, 6) is 0.620. The molecule has 0 radical (unpaired) electrons. The van der Waals surface area contributed by atoms with E-state index in [1.54, 1.807) is 4.68 Å². The number of nitrogens with one attached hydrogen (secondary N) is 1. The predicted octanol–water partition coefficient (Wildman–Crippen LogP) is 4.21. The molecule has 2 aromatic heterocycles. The topological polar surface area (TPSA) is 55.6 Å². The molecule has 0 fully saturated rings. The van der Waals surface area contributed by atoms with Gasteiger partial charge >= 0.3 is 0 Å². The van der Waals surface area contributed by atoms with Gasteiger partial charge in [-0.05, 0) is 46.3 Å². The van der Waals surface area contributed by atoms with Gasteiger partial charge in [-0.25, -0.2) is 0 Å². The molecule has 1 aliphatic rings. The van der Waals surface area contributed by atoms with E-state index in [0.717, 1.165) is 24.9 Å². The van der Waals surface area contributed by atoms with Gasteiger partial charge < -0.3 is 5.32 Å². The third-order valence-corrected chi connectivity index (χ3v) is 5.17. The van der Waals surface area contributed by atoms with Crippen molar-refractivity contribution in [3.63, 3.8) is 0 Å². The quantitative estimate of drug-likeness (QED) is 0.707. The second kappa shape index (κ2) is 5.49. The third-order valence-electron chi connectivity index (χ3n) is 3.38. The van der Waals surface area contributed by atoms with Crippen LogP contribution >= 0.6 is 38.9 Å². The summed E-state index contributed by atoms with van der Waals surface area (Å²) >= 11 is 11.0. The Morgan fingerprint density at radius 3 is 2.73 bits per heavy atom. The van der Waals surface area contributed by atoms with Gasteiger partial charge in [-0.3, -0.25) is 0 Å². The summed E-state index contributed by atoms with van der Waals surface area (Å²) in [6.07, 6.45) is 2.11. The van der Waals surface area contributed by atoms with E-state index >= 15 is 0 Å². The Hall–Kier alpha value is -1.70. The van der Waals surface area contributed by atoms with Crippen LogP contribution in [0.4, 0.5) is 5.95 Å². The fourth-order valence-corrected chi connectivity index (χ4v) is 3.64. The third kappa shape index (κ3) is 2.45. The number of hydrogen-bond donors (Lipinski definition) is 1. The van der Waals surface area contributed by atoms with E-state index in [2.05, 4.69) is 55.0 Å². The molecule has 1 unspecified atom stereocenters. The van der Waals surface area contributed by atoms with Gasteiger partial charge in [0.1, 0.15) is 6.04 Å². The van der Waals surface area contributed by atoms with Gasteiger partial charge in [0.2, 0.25) is 5.95 Å². The first-order valence-corrected chi connectivity index (χ1v) is 8.47. The number of hydrogen-bond acceptors (Lipinski definition) is 5.